The Morgan fingerprint density at radius 1 is 1.52 bits per heavy atom. The van der Waals surface area contributed by atoms with E-state index in [1.165, 1.54) is 0 Å². The Morgan fingerprint density at radius 2 is 2.43 bits per heavy atom. The third-order valence-corrected chi connectivity index (χ3v) is 3.81. The minimum Gasteiger partial charge on any atom is -0.332 e. The van der Waals surface area contributed by atoms with Crippen molar-refractivity contribution in [1.82, 2.24) is 19.6 Å². The average molecular weight is 283 g/mol. The Morgan fingerprint density at radius 3 is 3.29 bits per heavy atom. The quantitative estimate of drug-likeness (QED) is 0.913. The topological polar surface area (TPSA) is 73.4 Å². The van der Waals surface area contributed by atoms with E-state index in [1.807, 2.05) is 28.8 Å². The van der Waals surface area contributed by atoms with Crippen molar-refractivity contribution in [2.45, 2.75) is 19.4 Å². The number of piperidine rings is 1. The molecule has 2 aromatic rings. The molecular weight excluding hydrogens is 266 g/mol. The fraction of sp³-hybridized carbons (Fsp3) is 0.400. The van der Waals surface area contributed by atoms with E-state index in [2.05, 4.69) is 16.4 Å². The van der Waals surface area contributed by atoms with Crippen LogP contribution in [0, 0.1) is 17.2 Å². The van der Waals surface area contributed by atoms with Crippen LogP contribution in [0.15, 0.2) is 30.6 Å². The highest BCUT2D eigenvalue weighted by atomic mass is 16.2. The second-order valence-electron chi connectivity index (χ2n) is 5.25. The first-order valence-corrected chi connectivity index (χ1v) is 7.11. The molecule has 6 heteroatoms. The first kappa shape index (κ1) is 13.4. The molecule has 6 nitrogen and oxygen atoms in total. The van der Waals surface area contributed by atoms with Crippen LogP contribution in [0.5, 0.6) is 0 Å². The Bertz CT molecular complexity index is 687. The van der Waals surface area contributed by atoms with Gasteiger partial charge in [-0.1, -0.05) is 6.07 Å². The number of fused-ring (bicyclic) bond motifs is 1. The molecule has 1 N–H and O–H groups in total. The third-order valence-electron chi connectivity index (χ3n) is 3.81. The first-order valence-electron chi connectivity index (χ1n) is 7.11. The number of hydrogen-bond donors (Lipinski definition) is 1. The summed E-state index contributed by atoms with van der Waals surface area (Å²) in [6.45, 7) is 1.67. The molecule has 1 aliphatic rings. The summed E-state index contributed by atoms with van der Waals surface area (Å²) in [5.41, 5.74) is 1.80. The van der Waals surface area contributed by atoms with Crippen LogP contribution in [-0.4, -0.2) is 33.4 Å². The van der Waals surface area contributed by atoms with Gasteiger partial charge in [0.05, 0.1) is 30.4 Å². The van der Waals surface area contributed by atoms with Gasteiger partial charge in [-0.15, -0.1) is 0 Å². The van der Waals surface area contributed by atoms with E-state index < -0.39 is 0 Å². The Labute approximate surface area is 123 Å². The summed E-state index contributed by atoms with van der Waals surface area (Å²) in [7, 11) is 0. The van der Waals surface area contributed by atoms with Crippen LogP contribution in [0.2, 0.25) is 0 Å². The minimum absolute atomic E-state index is 0.0414. The zero-order valence-corrected chi connectivity index (χ0v) is 11.7. The fourth-order valence-corrected chi connectivity index (χ4v) is 2.66. The number of carbonyl (C=O) groups is 1. The maximum absolute atomic E-state index is 12.2. The van der Waals surface area contributed by atoms with E-state index >= 15 is 0 Å². The molecule has 3 heterocycles. The number of amides is 2. The van der Waals surface area contributed by atoms with Gasteiger partial charge in [0.2, 0.25) is 0 Å². The van der Waals surface area contributed by atoms with E-state index in [9.17, 15) is 4.79 Å². The molecule has 0 unspecified atom stereocenters. The zero-order valence-electron chi connectivity index (χ0n) is 11.7. The normalized spacial score (nSPS) is 18.4. The molecule has 0 saturated carbocycles. The molecule has 21 heavy (non-hydrogen) atoms. The molecule has 1 fully saturated rings. The number of likely N-dealkylation sites (tertiary alicyclic amines) is 1. The predicted molar refractivity (Wildman–Crippen MR) is 77.3 cm³/mol. The van der Waals surface area contributed by atoms with Crippen LogP contribution < -0.4 is 5.32 Å². The summed E-state index contributed by atoms with van der Waals surface area (Å²) in [5.74, 6) is -0.0414. The SMILES string of the molecule is N#C[C@@H]1CCCN(C(=O)NCc2cnc3ccccn23)C1. The largest absolute Gasteiger partial charge is 0.332 e. The Hall–Kier alpha value is -2.55. The summed E-state index contributed by atoms with van der Waals surface area (Å²) >= 11 is 0. The summed E-state index contributed by atoms with van der Waals surface area (Å²) in [5, 5.41) is 11.9. The molecule has 0 bridgehead atoms. The standard InChI is InChI=1S/C15H17N5O/c16-8-12-4-3-6-19(11-12)15(21)18-10-13-9-17-14-5-1-2-7-20(13)14/h1-2,5,7,9,12H,3-4,6,10-11H2,(H,18,21)/t12-/m0/s1. The van der Waals surface area contributed by atoms with Gasteiger partial charge in [0.1, 0.15) is 5.65 Å². The van der Waals surface area contributed by atoms with E-state index in [1.54, 1.807) is 11.1 Å². The third kappa shape index (κ3) is 2.82. The molecular formula is C15H17N5O. The smallest absolute Gasteiger partial charge is 0.317 e. The highest BCUT2D eigenvalue weighted by molar-refractivity contribution is 5.74. The summed E-state index contributed by atoms with van der Waals surface area (Å²) in [6, 6.07) is 7.92. The summed E-state index contributed by atoms with van der Waals surface area (Å²) in [6.07, 6.45) is 5.47. The van der Waals surface area contributed by atoms with Crippen molar-refractivity contribution in [3.63, 3.8) is 0 Å². The van der Waals surface area contributed by atoms with E-state index in [0.717, 1.165) is 30.7 Å². The number of nitriles is 1. The molecule has 2 amide bonds. The summed E-state index contributed by atoms with van der Waals surface area (Å²) < 4.78 is 1.95. The van der Waals surface area contributed by atoms with Gasteiger partial charge in [-0.25, -0.2) is 9.78 Å². The lowest BCUT2D eigenvalue weighted by Crippen LogP contribution is -2.45. The number of urea groups is 1. The van der Waals surface area contributed by atoms with Crippen LogP contribution in [0.25, 0.3) is 5.65 Å². The van der Waals surface area contributed by atoms with Gasteiger partial charge < -0.3 is 14.6 Å². The minimum atomic E-state index is -0.110. The Balaban J connectivity index is 1.62. The van der Waals surface area contributed by atoms with Crippen molar-refractivity contribution in [3.8, 4) is 6.07 Å². The van der Waals surface area contributed by atoms with Crippen molar-refractivity contribution in [2.24, 2.45) is 5.92 Å². The fourth-order valence-electron chi connectivity index (χ4n) is 2.66. The molecule has 0 aromatic carbocycles. The highest BCUT2D eigenvalue weighted by Crippen LogP contribution is 2.15. The molecule has 108 valence electrons. The number of hydrogen-bond acceptors (Lipinski definition) is 3. The highest BCUT2D eigenvalue weighted by Gasteiger charge is 2.23. The molecule has 1 aliphatic heterocycles. The molecule has 0 aliphatic carbocycles. The number of aromatic nitrogens is 2. The van der Waals surface area contributed by atoms with E-state index in [-0.39, 0.29) is 11.9 Å². The predicted octanol–water partition coefficient (Wildman–Crippen LogP) is 1.78. The lowest BCUT2D eigenvalue weighted by molar-refractivity contribution is 0.176. The van der Waals surface area contributed by atoms with Crippen LogP contribution in [0.3, 0.4) is 0 Å². The van der Waals surface area contributed by atoms with Crippen LogP contribution in [0.1, 0.15) is 18.5 Å². The zero-order chi connectivity index (χ0) is 14.7. The van der Waals surface area contributed by atoms with Gasteiger partial charge in [-0.3, -0.25) is 0 Å². The number of pyridine rings is 1. The van der Waals surface area contributed by atoms with E-state index in [4.69, 9.17) is 5.26 Å². The van der Waals surface area contributed by atoms with Crippen LogP contribution in [-0.2, 0) is 6.54 Å². The number of imidazole rings is 1. The number of rotatable bonds is 2. The Kier molecular flexibility index (Phi) is 3.73. The van der Waals surface area contributed by atoms with Gasteiger partial charge in [-0.2, -0.15) is 5.26 Å². The van der Waals surface area contributed by atoms with Gasteiger partial charge in [-0.05, 0) is 25.0 Å². The average Bonchev–Trinajstić information content (AvgIpc) is 2.96. The molecule has 0 spiro atoms. The molecule has 0 radical (unpaired) electrons. The van der Waals surface area contributed by atoms with Gasteiger partial charge in [0.15, 0.2) is 0 Å². The van der Waals surface area contributed by atoms with Crippen LogP contribution >= 0.6 is 0 Å². The maximum atomic E-state index is 12.2. The van der Waals surface area contributed by atoms with Gasteiger partial charge in [0.25, 0.3) is 0 Å². The van der Waals surface area contributed by atoms with Crippen molar-refractivity contribution in [1.29, 1.82) is 5.26 Å². The second kappa shape index (κ2) is 5.83. The number of nitrogens with zero attached hydrogens (tertiary/aromatic N) is 4. The lowest BCUT2D eigenvalue weighted by atomic mass is 10.0. The van der Waals surface area contributed by atoms with Crippen molar-refractivity contribution < 1.29 is 4.79 Å². The molecule has 1 saturated heterocycles. The monoisotopic (exact) mass is 283 g/mol. The lowest BCUT2D eigenvalue weighted by Gasteiger charge is -2.29. The van der Waals surface area contributed by atoms with Crippen molar-refractivity contribution in [3.05, 3.63) is 36.3 Å². The number of nitrogens with one attached hydrogen (secondary N) is 1. The molecule has 3 rings (SSSR count). The molecule has 1 atom stereocenters. The maximum Gasteiger partial charge on any atom is 0.317 e. The van der Waals surface area contributed by atoms with Gasteiger partial charge >= 0.3 is 6.03 Å². The van der Waals surface area contributed by atoms with Crippen LogP contribution in [0.4, 0.5) is 4.79 Å². The molecule has 2 aromatic heterocycles. The van der Waals surface area contributed by atoms with E-state index in [0.29, 0.717) is 13.1 Å². The second-order valence-corrected chi connectivity index (χ2v) is 5.25. The summed E-state index contributed by atoms with van der Waals surface area (Å²) in [4.78, 5) is 18.2. The number of carbonyl (C=O) groups excluding carboxylic acids is 1. The van der Waals surface area contributed by atoms with Crippen molar-refractivity contribution in [2.75, 3.05) is 13.1 Å². The van der Waals surface area contributed by atoms with Crippen molar-refractivity contribution >= 4 is 11.7 Å². The van der Waals surface area contributed by atoms with Gasteiger partial charge in [0, 0.05) is 19.3 Å². The first-order chi connectivity index (χ1) is 10.3.